The van der Waals surface area contributed by atoms with Gasteiger partial charge in [0.2, 0.25) is 0 Å². The molecule has 2 aliphatic rings. The predicted octanol–water partition coefficient (Wildman–Crippen LogP) is 3.76. The molecule has 23 heavy (non-hydrogen) atoms. The molecule has 2 aliphatic heterocycles. The lowest BCUT2D eigenvalue weighted by Crippen LogP contribution is -2.54. The Hall–Kier alpha value is -1.20. The first-order chi connectivity index (χ1) is 10.9. The zero-order chi connectivity index (χ0) is 16.7. The zero-order valence-electron chi connectivity index (χ0n) is 14.3. The van der Waals surface area contributed by atoms with Crippen molar-refractivity contribution in [2.24, 2.45) is 0 Å². The Morgan fingerprint density at radius 3 is 2.52 bits per heavy atom. The topological polar surface area (TPSA) is 41.5 Å². The lowest BCUT2D eigenvalue weighted by Gasteiger charge is -2.49. The molecule has 126 valence electrons. The van der Waals surface area contributed by atoms with Gasteiger partial charge in [-0.2, -0.15) is 0 Å². The Morgan fingerprint density at radius 2 is 1.87 bits per heavy atom. The van der Waals surface area contributed by atoms with Crippen LogP contribution in [0.2, 0.25) is 0 Å². The highest BCUT2D eigenvalue weighted by Gasteiger charge is 2.61. The summed E-state index contributed by atoms with van der Waals surface area (Å²) < 4.78 is 11.9. The molecule has 0 spiro atoms. The van der Waals surface area contributed by atoms with E-state index in [-0.39, 0.29) is 28.9 Å². The van der Waals surface area contributed by atoms with E-state index in [1.807, 2.05) is 57.2 Å². The Bertz CT molecular complexity index is 559. The predicted molar refractivity (Wildman–Crippen MR) is 90.3 cm³/mol. The summed E-state index contributed by atoms with van der Waals surface area (Å²) in [5.41, 5.74) is 1.07. The van der Waals surface area contributed by atoms with Crippen LogP contribution in [0, 0.1) is 5.21 Å². The third kappa shape index (κ3) is 2.96. The fraction of sp³-hybridized carbons (Fsp3) is 0.579. The molecule has 0 aliphatic carbocycles. The molecule has 1 aromatic rings. The van der Waals surface area contributed by atoms with Crippen molar-refractivity contribution in [3.63, 3.8) is 0 Å². The smallest absolute Gasteiger partial charge is 0.164 e. The van der Waals surface area contributed by atoms with Gasteiger partial charge < -0.3 is 19.3 Å². The van der Waals surface area contributed by atoms with Gasteiger partial charge in [-0.1, -0.05) is 36.4 Å². The number of ether oxygens (including phenoxy) is 2. The van der Waals surface area contributed by atoms with Crippen molar-refractivity contribution < 1.29 is 14.1 Å². The van der Waals surface area contributed by atoms with Gasteiger partial charge in [0.15, 0.2) is 5.79 Å². The van der Waals surface area contributed by atoms with Crippen LogP contribution in [0.5, 0.6) is 0 Å². The Labute approximate surface area is 138 Å². The van der Waals surface area contributed by atoms with Crippen LogP contribution in [-0.4, -0.2) is 34.7 Å². The minimum atomic E-state index is -0.603. The van der Waals surface area contributed by atoms with Crippen LogP contribution in [0.1, 0.15) is 39.2 Å². The maximum Gasteiger partial charge on any atom is 0.164 e. The second kappa shape index (κ2) is 6.02. The average Bonchev–Trinajstić information content (AvgIpc) is 2.90. The number of fused-ring (bicyclic) bond motifs is 1. The van der Waals surface area contributed by atoms with Gasteiger partial charge in [-0.3, -0.25) is 0 Å². The minimum Gasteiger partial charge on any atom is -0.632 e. The molecule has 0 unspecified atom stereocenters. The van der Waals surface area contributed by atoms with Gasteiger partial charge >= 0.3 is 0 Å². The van der Waals surface area contributed by atoms with E-state index in [0.29, 0.717) is 6.54 Å². The minimum absolute atomic E-state index is 0.116. The summed E-state index contributed by atoms with van der Waals surface area (Å²) in [6.45, 7) is 10.1. The van der Waals surface area contributed by atoms with E-state index < -0.39 is 5.79 Å². The normalized spacial score (nSPS) is 38.4. The molecule has 3 rings (SSSR count). The quantitative estimate of drug-likeness (QED) is 0.472. The number of likely N-dealkylation sites (tertiary alicyclic amines) is 1. The molecular formula is C19H27NO3. The number of quaternary nitrogens is 1. The van der Waals surface area contributed by atoms with Crippen molar-refractivity contribution >= 4 is 0 Å². The first kappa shape index (κ1) is 16.7. The highest BCUT2D eigenvalue weighted by Crippen LogP contribution is 2.46. The zero-order valence-corrected chi connectivity index (χ0v) is 14.3. The van der Waals surface area contributed by atoms with E-state index in [0.717, 1.165) is 18.4 Å². The number of allylic oxidation sites excluding steroid dienone is 1. The second-order valence-electron chi connectivity index (χ2n) is 7.24. The summed E-state index contributed by atoms with van der Waals surface area (Å²) in [6.07, 6.45) is 3.21. The van der Waals surface area contributed by atoms with E-state index in [2.05, 4.69) is 6.58 Å². The Kier molecular flexibility index (Phi) is 4.36. The lowest BCUT2D eigenvalue weighted by atomic mass is 10.0. The van der Waals surface area contributed by atoms with Gasteiger partial charge in [-0.15, -0.1) is 6.58 Å². The molecule has 0 N–H and O–H groups in total. The van der Waals surface area contributed by atoms with Crippen molar-refractivity contribution in [2.75, 3.05) is 0 Å². The van der Waals surface area contributed by atoms with Gasteiger partial charge in [0.1, 0.15) is 30.8 Å². The summed E-state index contributed by atoms with van der Waals surface area (Å²) in [6, 6.07) is 9.73. The van der Waals surface area contributed by atoms with Gasteiger partial charge in [-0.05, 0) is 27.2 Å². The lowest BCUT2D eigenvalue weighted by molar-refractivity contribution is -0.931. The molecule has 4 nitrogen and oxygen atoms in total. The van der Waals surface area contributed by atoms with Crippen LogP contribution < -0.4 is 0 Å². The molecule has 2 heterocycles. The van der Waals surface area contributed by atoms with E-state index in [9.17, 15) is 5.21 Å². The third-order valence-electron chi connectivity index (χ3n) is 5.21. The molecule has 0 bridgehead atoms. The molecule has 0 radical (unpaired) electrons. The summed E-state index contributed by atoms with van der Waals surface area (Å²) in [5.74, 6) is -0.603. The van der Waals surface area contributed by atoms with E-state index in [1.165, 1.54) is 0 Å². The van der Waals surface area contributed by atoms with Gasteiger partial charge in [0, 0.05) is 12.0 Å². The monoisotopic (exact) mass is 317 g/mol. The molecule has 0 amide bonds. The number of benzene rings is 1. The van der Waals surface area contributed by atoms with Crippen LogP contribution in [0.4, 0.5) is 0 Å². The fourth-order valence-corrected chi connectivity index (χ4v) is 4.09. The highest BCUT2D eigenvalue weighted by molar-refractivity contribution is 5.14. The van der Waals surface area contributed by atoms with Crippen LogP contribution >= 0.6 is 0 Å². The molecule has 0 aromatic heterocycles. The summed E-state index contributed by atoms with van der Waals surface area (Å²) in [4.78, 5) is 0. The Morgan fingerprint density at radius 1 is 1.22 bits per heavy atom. The Balaban J connectivity index is 1.89. The van der Waals surface area contributed by atoms with Crippen molar-refractivity contribution in [1.29, 1.82) is 0 Å². The summed E-state index contributed by atoms with van der Waals surface area (Å²) in [7, 11) is 0. The van der Waals surface area contributed by atoms with Gasteiger partial charge in [0.25, 0.3) is 0 Å². The maximum absolute atomic E-state index is 13.8. The second-order valence-corrected chi connectivity index (χ2v) is 7.24. The molecule has 4 heteroatoms. The number of hydrogen-bond acceptors (Lipinski definition) is 3. The van der Waals surface area contributed by atoms with Crippen LogP contribution in [-0.2, 0) is 16.0 Å². The largest absolute Gasteiger partial charge is 0.632 e. The number of nitrogens with zero attached hydrogens (tertiary/aromatic N) is 1. The molecule has 0 saturated carbocycles. The number of hydrogen-bond donors (Lipinski definition) is 0. The summed E-state index contributed by atoms with van der Waals surface area (Å²) >= 11 is 0. The molecular weight excluding hydrogens is 290 g/mol. The molecule has 2 saturated heterocycles. The van der Waals surface area contributed by atoms with E-state index in [1.54, 1.807) is 0 Å². The van der Waals surface area contributed by atoms with Crippen LogP contribution in [0.15, 0.2) is 43.0 Å². The van der Waals surface area contributed by atoms with Gasteiger partial charge in [0.05, 0.1) is 0 Å². The molecule has 2 fully saturated rings. The standard InChI is InChI=1S/C19H27NO3/c1-5-6-12-16-18-17(22-19(3,4)23-18)14(2)20(16,21)13-15-10-8-7-9-11-15/h5,7-11,14,16-18H,1,6,12-13H2,2-4H3/t14-,16+,17-,18+,20-/m1/s1. The van der Waals surface area contributed by atoms with Gasteiger partial charge in [-0.25, -0.2) is 0 Å². The fourth-order valence-electron chi connectivity index (χ4n) is 4.09. The number of rotatable bonds is 5. The first-order valence-electron chi connectivity index (χ1n) is 8.46. The summed E-state index contributed by atoms with van der Waals surface area (Å²) in [5, 5.41) is 13.8. The average molecular weight is 317 g/mol. The maximum atomic E-state index is 13.8. The highest BCUT2D eigenvalue weighted by atomic mass is 16.8. The SMILES string of the molecule is C=CCC[C@H]1[C@@H]2OC(C)(C)O[C@@H]2[C@@H](C)[N@+]1([O-])Cc1ccccc1. The molecule has 5 atom stereocenters. The van der Waals surface area contributed by atoms with Crippen molar-refractivity contribution in [3.8, 4) is 0 Å². The first-order valence-corrected chi connectivity index (χ1v) is 8.46. The van der Waals surface area contributed by atoms with Crippen LogP contribution in [0.25, 0.3) is 0 Å². The third-order valence-corrected chi connectivity index (χ3v) is 5.21. The van der Waals surface area contributed by atoms with Crippen molar-refractivity contribution in [2.45, 2.75) is 70.2 Å². The van der Waals surface area contributed by atoms with E-state index in [4.69, 9.17) is 9.47 Å². The van der Waals surface area contributed by atoms with Crippen molar-refractivity contribution in [1.82, 2.24) is 0 Å². The molecule has 1 aromatic carbocycles. The van der Waals surface area contributed by atoms with Crippen LogP contribution in [0.3, 0.4) is 0 Å². The van der Waals surface area contributed by atoms with Crippen molar-refractivity contribution in [3.05, 3.63) is 53.8 Å². The van der Waals surface area contributed by atoms with E-state index >= 15 is 0 Å². The number of hydroxylamine groups is 3.